The molecule has 3 aromatic rings. The third-order valence-electron chi connectivity index (χ3n) is 5.05. The van der Waals surface area contributed by atoms with E-state index in [9.17, 15) is 14.7 Å². The molecule has 4 rings (SSSR count). The Bertz CT molecular complexity index is 1210. The van der Waals surface area contributed by atoms with Gasteiger partial charge in [0.1, 0.15) is 23.0 Å². The zero-order valence-corrected chi connectivity index (χ0v) is 16.1. The number of fused-ring (bicyclic) bond motifs is 2. The molecule has 6 nitrogen and oxygen atoms in total. The topological polar surface area (TPSA) is 82.1 Å². The number of hydrogen-bond acceptors (Lipinski definition) is 6. The Hall–Kier alpha value is -3.80. The fourth-order valence-corrected chi connectivity index (χ4v) is 3.69. The summed E-state index contributed by atoms with van der Waals surface area (Å²) in [5.74, 6) is 0.253. The van der Waals surface area contributed by atoms with Crippen molar-refractivity contribution in [3.05, 3.63) is 65.2 Å². The van der Waals surface area contributed by atoms with E-state index in [1.54, 1.807) is 42.5 Å². The average Bonchev–Trinajstić information content (AvgIpc) is 2.75. The molecule has 0 heterocycles. The first-order valence-electron chi connectivity index (χ1n) is 8.86. The molecule has 0 radical (unpaired) electrons. The van der Waals surface area contributed by atoms with E-state index in [4.69, 9.17) is 14.2 Å². The highest BCUT2D eigenvalue weighted by molar-refractivity contribution is 6.40. The van der Waals surface area contributed by atoms with Gasteiger partial charge in [-0.3, -0.25) is 9.59 Å². The number of carbonyl (C=O) groups excluding carboxylic acids is 2. The van der Waals surface area contributed by atoms with Crippen LogP contribution >= 0.6 is 0 Å². The van der Waals surface area contributed by atoms with Gasteiger partial charge in [0.25, 0.3) is 0 Å². The standard InChI is InChI=1S/C23H18O6/c1-27-17-8-4-6-12-16(24)10-14(22(25)20(12)17)15-11-19(29-3)13-7-5-9-18(28-2)21(13)23(15)26/h4-11,26H,1-3H3. The summed E-state index contributed by atoms with van der Waals surface area (Å²) in [5, 5.41) is 12.1. The Labute approximate surface area is 166 Å². The van der Waals surface area contributed by atoms with Gasteiger partial charge in [-0.25, -0.2) is 0 Å². The number of rotatable bonds is 4. The van der Waals surface area contributed by atoms with Gasteiger partial charge in [0.05, 0.1) is 32.3 Å². The molecule has 0 bridgehead atoms. The van der Waals surface area contributed by atoms with Crippen LogP contribution in [0.25, 0.3) is 16.3 Å². The van der Waals surface area contributed by atoms with Crippen LogP contribution in [-0.4, -0.2) is 38.0 Å². The molecule has 0 fully saturated rings. The van der Waals surface area contributed by atoms with Crippen LogP contribution < -0.4 is 14.2 Å². The normalized spacial score (nSPS) is 13.1. The Morgan fingerprint density at radius 3 is 2.14 bits per heavy atom. The molecule has 0 saturated heterocycles. The van der Waals surface area contributed by atoms with E-state index in [0.29, 0.717) is 28.0 Å². The fraction of sp³-hybridized carbons (Fsp3) is 0.130. The number of carbonyl (C=O) groups is 2. The largest absolute Gasteiger partial charge is 0.507 e. The van der Waals surface area contributed by atoms with Crippen LogP contribution in [0.4, 0.5) is 0 Å². The van der Waals surface area contributed by atoms with E-state index < -0.39 is 5.78 Å². The highest BCUT2D eigenvalue weighted by Gasteiger charge is 2.32. The highest BCUT2D eigenvalue weighted by Crippen LogP contribution is 2.45. The predicted octanol–water partition coefficient (Wildman–Crippen LogP) is 4.03. The lowest BCUT2D eigenvalue weighted by atomic mass is 9.84. The molecule has 1 N–H and O–H groups in total. The molecule has 3 aromatic carbocycles. The quantitative estimate of drug-likeness (QED) is 0.724. The van der Waals surface area contributed by atoms with Crippen molar-refractivity contribution in [2.75, 3.05) is 21.3 Å². The fourth-order valence-electron chi connectivity index (χ4n) is 3.69. The van der Waals surface area contributed by atoms with Crippen LogP contribution in [0, 0.1) is 0 Å². The van der Waals surface area contributed by atoms with Crippen molar-refractivity contribution in [2.24, 2.45) is 0 Å². The summed E-state index contributed by atoms with van der Waals surface area (Å²) in [6.45, 7) is 0. The van der Waals surface area contributed by atoms with Crippen molar-refractivity contribution < 1.29 is 28.9 Å². The van der Waals surface area contributed by atoms with Crippen LogP contribution in [0.15, 0.2) is 48.5 Å². The molecule has 0 saturated carbocycles. The summed E-state index contributed by atoms with van der Waals surface area (Å²) in [6, 6.07) is 11.7. The summed E-state index contributed by atoms with van der Waals surface area (Å²) in [5.41, 5.74) is 0.697. The molecule has 0 amide bonds. The van der Waals surface area contributed by atoms with Gasteiger partial charge in [0.2, 0.25) is 0 Å². The number of phenolic OH excluding ortho intramolecular Hbond substituents is 1. The number of ketones is 2. The Morgan fingerprint density at radius 1 is 0.793 bits per heavy atom. The second kappa shape index (κ2) is 6.98. The van der Waals surface area contributed by atoms with Crippen LogP contribution in [-0.2, 0) is 0 Å². The van der Waals surface area contributed by atoms with Gasteiger partial charge < -0.3 is 19.3 Å². The number of allylic oxidation sites excluding steroid dienone is 2. The molecular formula is C23H18O6. The average molecular weight is 390 g/mol. The molecule has 1 aliphatic rings. The monoisotopic (exact) mass is 390 g/mol. The molecule has 0 unspecified atom stereocenters. The maximum Gasteiger partial charge on any atom is 0.198 e. The van der Waals surface area contributed by atoms with Crippen molar-refractivity contribution in [3.63, 3.8) is 0 Å². The summed E-state index contributed by atoms with van der Waals surface area (Å²) < 4.78 is 16.1. The maximum atomic E-state index is 13.3. The van der Waals surface area contributed by atoms with Crippen molar-refractivity contribution in [3.8, 4) is 23.0 Å². The highest BCUT2D eigenvalue weighted by atomic mass is 16.5. The third kappa shape index (κ3) is 2.72. The Balaban J connectivity index is 2.02. The zero-order chi connectivity index (χ0) is 20.7. The SMILES string of the molecule is COc1cccc2c1C(=O)C(c1cc(OC)c3cccc(OC)c3c1O)=CC2=O. The molecule has 0 aliphatic heterocycles. The molecule has 0 spiro atoms. The van der Waals surface area contributed by atoms with E-state index in [1.807, 2.05) is 0 Å². The lowest BCUT2D eigenvalue weighted by Crippen LogP contribution is -2.17. The smallest absolute Gasteiger partial charge is 0.198 e. The van der Waals surface area contributed by atoms with Crippen LogP contribution in [0.1, 0.15) is 26.3 Å². The Morgan fingerprint density at radius 2 is 1.45 bits per heavy atom. The van der Waals surface area contributed by atoms with Gasteiger partial charge in [0.15, 0.2) is 11.6 Å². The number of hydrogen-bond donors (Lipinski definition) is 1. The van der Waals surface area contributed by atoms with E-state index in [-0.39, 0.29) is 33.8 Å². The lowest BCUT2D eigenvalue weighted by Gasteiger charge is -2.20. The molecule has 1 aliphatic carbocycles. The van der Waals surface area contributed by atoms with Gasteiger partial charge >= 0.3 is 0 Å². The summed E-state index contributed by atoms with van der Waals surface area (Å²) in [7, 11) is 4.42. The zero-order valence-electron chi connectivity index (χ0n) is 16.1. The van der Waals surface area contributed by atoms with E-state index in [0.717, 1.165) is 0 Å². The predicted molar refractivity (Wildman–Crippen MR) is 108 cm³/mol. The summed E-state index contributed by atoms with van der Waals surface area (Å²) in [6.07, 6.45) is 1.24. The van der Waals surface area contributed by atoms with Crippen molar-refractivity contribution >= 4 is 27.9 Å². The number of benzene rings is 3. The van der Waals surface area contributed by atoms with Crippen molar-refractivity contribution in [2.45, 2.75) is 0 Å². The first-order chi connectivity index (χ1) is 14.0. The van der Waals surface area contributed by atoms with Crippen LogP contribution in [0.3, 0.4) is 0 Å². The molecule has 29 heavy (non-hydrogen) atoms. The first-order valence-corrected chi connectivity index (χ1v) is 8.86. The van der Waals surface area contributed by atoms with E-state index in [2.05, 4.69) is 0 Å². The number of Topliss-reactive ketones (excluding diaryl/α,β-unsaturated/α-hetero) is 1. The maximum absolute atomic E-state index is 13.3. The molecule has 0 aromatic heterocycles. The summed E-state index contributed by atoms with van der Waals surface area (Å²) in [4.78, 5) is 26.0. The van der Waals surface area contributed by atoms with E-state index in [1.165, 1.54) is 27.4 Å². The lowest BCUT2D eigenvalue weighted by molar-refractivity contribution is 0.0999. The van der Waals surface area contributed by atoms with Crippen molar-refractivity contribution in [1.29, 1.82) is 0 Å². The second-order valence-corrected chi connectivity index (χ2v) is 6.49. The number of methoxy groups -OCH3 is 3. The van der Waals surface area contributed by atoms with Gasteiger partial charge in [-0.05, 0) is 24.3 Å². The van der Waals surface area contributed by atoms with E-state index >= 15 is 0 Å². The molecular weight excluding hydrogens is 372 g/mol. The van der Waals surface area contributed by atoms with Gasteiger partial charge in [-0.1, -0.05) is 24.3 Å². The third-order valence-corrected chi connectivity index (χ3v) is 5.05. The molecule has 146 valence electrons. The Kier molecular flexibility index (Phi) is 4.47. The second-order valence-electron chi connectivity index (χ2n) is 6.49. The van der Waals surface area contributed by atoms with Gasteiger partial charge in [-0.2, -0.15) is 0 Å². The van der Waals surface area contributed by atoms with Gasteiger partial charge in [0, 0.05) is 22.1 Å². The summed E-state index contributed by atoms with van der Waals surface area (Å²) >= 11 is 0. The number of phenols is 1. The minimum absolute atomic E-state index is 0.0654. The van der Waals surface area contributed by atoms with Crippen LogP contribution in [0.2, 0.25) is 0 Å². The minimum atomic E-state index is -0.413. The molecule has 0 atom stereocenters. The number of ether oxygens (including phenoxy) is 3. The van der Waals surface area contributed by atoms with Crippen molar-refractivity contribution in [1.82, 2.24) is 0 Å². The minimum Gasteiger partial charge on any atom is -0.507 e. The number of aromatic hydroxyl groups is 1. The first kappa shape index (κ1) is 18.6. The van der Waals surface area contributed by atoms with Crippen LogP contribution in [0.5, 0.6) is 23.0 Å². The molecule has 6 heteroatoms. The van der Waals surface area contributed by atoms with Gasteiger partial charge in [-0.15, -0.1) is 0 Å².